The highest BCUT2D eigenvalue weighted by molar-refractivity contribution is 5.87. The van der Waals surface area contributed by atoms with Crippen molar-refractivity contribution in [3.63, 3.8) is 0 Å². The zero-order valence-corrected chi connectivity index (χ0v) is 10.5. The van der Waals surface area contributed by atoms with Crippen molar-refractivity contribution in [3.8, 4) is 0 Å². The van der Waals surface area contributed by atoms with Crippen molar-refractivity contribution in [2.75, 3.05) is 11.1 Å². The van der Waals surface area contributed by atoms with Gasteiger partial charge < -0.3 is 11.1 Å². The molecule has 0 saturated carbocycles. The fourth-order valence-corrected chi connectivity index (χ4v) is 2.10. The van der Waals surface area contributed by atoms with Gasteiger partial charge in [-0.25, -0.2) is 8.78 Å². The zero-order chi connectivity index (χ0) is 14.1. The predicted octanol–water partition coefficient (Wildman–Crippen LogP) is 4.44. The van der Waals surface area contributed by atoms with Gasteiger partial charge in [0.05, 0.1) is 5.69 Å². The fraction of sp³-hybridized carbons (Fsp3) is 0. The smallest absolute Gasteiger partial charge is 0.184 e. The molecule has 0 bridgehead atoms. The minimum atomic E-state index is -0.974. The van der Waals surface area contributed by atoms with Crippen LogP contribution < -0.4 is 11.1 Å². The molecule has 0 atom stereocenters. The third kappa shape index (κ3) is 2.16. The second kappa shape index (κ2) is 4.81. The SMILES string of the molecule is Nc1ccc(F)c(F)c1Nc1ccc2ccccc2c1. The summed E-state index contributed by atoms with van der Waals surface area (Å²) in [5.74, 6) is -1.90. The van der Waals surface area contributed by atoms with Crippen molar-refractivity contribution in [2.45, 2.75) is 0 Å². The van der Waals surface area contributed by atoms with Crippen molar-refractivity contribution >= 4 is 27.8 Å². The van der Waals surface area contributed by atoms with Crippen LogP contribution in [0.1, 0.15) is 0 Å². The topological polar surface area (TPSA) is 38.0 Å². The number of nitrogens with two attached hydrogens (primary N) is 1. The van der Waals surface area contributed by atoms with Crippen molar-refractivity contribution in [1.82, 2.24) is 0 Å². The maximum Gasteiger partial charge on any atom is 0.184 e. The summed E-state index contributed by atoms with van der Waals surface area (Å²) in [5, 5.41) is 4.92. The van der Waals surface area contributed by atoms with Gasteiger partial charge in [0.2, 0.25) is 0 Å². The molecule has 0 unspecified atom stereocenters. The lowest BCUT2D eigenvalue weighted by molar-refractivity contribution is 0.512. The maximum atomic E-state index is 13.7. The molecule has 20 heavy (non-hydrogen) atoms. The number of hydrogen-bond acceptors (Lipinski definition) is 2. The average molecular weight is 270 g/mol. The Morgan fingerprint density at radius 3 is 2.40 bits per heavy atom. The van der Waals surface area contributed by atoms with E-state index in [9.17, 15) is 8.78 Å². The maximum absolute atomic E-state index is 13.7. The molecule has 0 fully saturated rings. The van der Waals surface area contributed by atoms with E-state index in [0.717, 1.165) is 16.8 Å². The van der Waals surface area contributed by atoms with E-state index in [1.807, 2.05) is 36.4 Å². The third-order valence-electron chi connectivity index (χ3n) is 3.15. The molecule has 3 aromatic rings. The summed E-state index contributed by atoms with van der Waals surface area (Å²) in [6.07, 6.45) is 0. The minimum Gasteiger partial charge on any atom is -0.397 e. The van der Waals surface area contributed by atoms with Crippen LogP contribution in [-0.4, -0.2) is 0 Å². The van der Waals surface area contributed by atoms with E-state index in [1.165, 1.54) is 6.07 Å². The monoisotopic (exact) mass is 270 g/mol. The van der Waals surface area contributed by atoms with Crippen molar-refractivity contribution in [2.24, 2.45) is 0 Å². The normalized spacial score (nSPS) is 10.7. The molecule has 0 amide bonds. The Bertz CT molecular complexity index is 785. The molecular weight excluding hydrogens is 258 g/mol. The number of fused-ring (bicyclic) bond motifs is 1. The third-order valence-corrected chi connectivity index (χ3v) is 3.15. The first-order chi connectivity index (χ1) is 9.65. The van der Waals surface area contributed by atoms with Crippen molar-refractivity contribution in [3.05, 3.63) is 66.2 Å². The van der Waals surface area contributed by atoms with Crippen LogP contribution in [0.25, 0.3) is 10.8 Å². The average Bonchev–Trinajstić information content (AvgIpc) is 2.47. The Labute approximate surface area is 114 Å². The summed E-state index contributed by atoms with van der Waals surface area (Å²) in [6.45, 7) is 0. The Balaban J connectivity index is 2.03. The molecule has 3 N–H and O–H groups in total. The molecule has 0 spiro atoms. The van der Waals surface area contributed by atoms with Crippen LogP contribution in [0.2, 0.25) is 0 Å². The molecule has 0 aromatic heterocycles. The Hall–Kier alpha value is -2.62. The van der Waals surface area contributed by atoms with Gasteiger partial charge in [-0.05, 0) is 35.0 Å². The molecule has 2 nitrogen and oxygen atoms in total. The first-order valence-electron chi connectivity index (χ1n) is 6.14. The molecule has 3 rings (SSSR count). The Morgan fingerprint density at radius 2 is 1.60 bits per heavy atom. The highest BCUT2D eigenvalue weighted by Crippen LogP contribution is 2.29. The first-order valence-corrected chi connectivity index (χ1v) is 6.14. The lowest BCUT2D eigenvalue weighted by Crippen LogP contribution is -2.01. The van der Waals surface area contributed by atoms with Crippen LogP contribution in [-0.2, 0) is 0 Å². The van der Waals surface area contributed by atoms with E-state index in [1.54, 1.807) is 6.07 Å². The predicted molar refractivity (Wildman–Crippen MR) is 78.0 cm³/mol. The number of nitrogen functional groups attached to an aromatic ring is 1. The number of benzene rings is 3. The highest BCUT2D eigenvalue weighted by atomic mass is 19.2. The standard InChI is InChI=1S/C16H12F2N2/c17-13-7-8-14(19)16(15(13)18)20-12-6-5-10-3-1-2-4-11(10)9-12/h1-9,20H,19H2. The molecule has 3 aromatic carbocycles. The van der Waals surface area contributed by atoms with Crippen LogP contribution in [0.4, 0.5) is 25.8 Å². The zero-order valence-electron chi connectivity index (χ0n) is 10.5. The number of nitrogens with one attached hydrogen (secondary N) is 1. The van der Waals surface area contributed by atoms with E-state index < -0.39 is 11.6 Å². The van der Waals surface area contributed by atoms with Crippen LogP contribution in [0.3, 0.4) is 0 Å². The number of hydrogen-bond donors (Lipinski definition) is 2. The summed E-state index contributed by atoms with van der Waals surface area (Å²) in [5.41, 5.74) is 6.46. The first kappa shape index (κ1) is 12.4. The second-order valence-electron chi connectivity index (χ2n) is 4.51. The van der Waals surface area contributed by atoms with E-state index >= 15 is 0 Å². The number of anilines is 3. The number of rotatable bonds is 2. The van der Waals surface area contributed by atoms with Crippen LogP contribution in [0, 0.1) is 11.6 Å². The molecule has 100 valence electrons. The largest absolute Gasteiger partial charge is 0.397 e. The van der Waals surface area contributed by atoms with Gasteiger partial charge in [-0.15, -0.1) is 0 Å². The fourth-order valence-electron chi connectivity index (χ4n) is 2.10. The Morgan fingerprint density at radius 1 is 0.850 bits per heavy atom. The summed E-state index contributed by atoms with van der Waals surface area (Å²) in [6, 6.07) is 15.7. The second-order valence-corrected chi connectivity index (χ2v) is 4.51. The van der Waals surface area contributed by atoms with E-state index in [2.05, 4.69) is 5.32 Å². The van der Waals surface area contributed by atoms with Crippen LogP contribution in [0.15, 0.2) is 54.6 Å². The molecule has 0 heterocycles. The van der Waals surface area contributed by atoms with Crippen LogP contribution >= 0.6 is 0 Å². The molecule has 0 aliphatic heterocycles. The van der Waals surface area contributed by atoms with E-state index in [0.29, 0.717) is 5.69 Å². The van der Waals surface area contributed by atoms with Gasteiger partial charge in [0.15, 0.2) is 11.6 Å². The molecular formula is C16H12F2N2. The van der Waals surface area contributed by atoms with E-state index in [4.69, 9.17) is 5.73 Å². The molecule has 4 heteroatoms. The van der Waals surface area contributed by atoms with Gasteiger partial charge in [0.1, 0.15) is 5.69 Å². The van der Waals surface area contributed by atoms with Crippen molar-refractivity contribution < 1.29 is 8.78 Å². The highest BCUT2D eigenvalue weighted by Gasteiger charge is 2.12. The van der Waals surface area contributed by atoms with E-state index in [-0.39, 0.29) is 11.4 Å². The summed E-state index contributed by atoms with van der Waals surface area (Å²) < 4.78 is 27.0. The lowest BCUT2D eigenvalue weighted by Gasteiger charge is -2.11. The minimum absolute atomic E-state index is 0.0414. The lowest BCUT2D eigenvalue weighted by atomic mass is 10.1. The van der Waals surface area contributed by atoms with Gasteiger partial charge >= 0.3 is 0 Å². The van der Waals surface area contributed by atoms with Gasteiger partial charge in [0, 0.05) is 5.69 Å². The van der Waals surface area contributed by atoms with Gasteiger partial charge in [-0.1, -0.05) is 30.3 Å². The quantitative estimate of drug-likeness (QED) is 0.675. The Kier molecular flexibility index (Phi) is 2.99. The molecule has 0 saturated heterocycles. The van der Waals surface area contributed by atoms with Crippen molar-refractivity contribution in [1.29, 1.82) is 0 Å². The number of halogens is 2. The van der Waals surface area contributed by atoms with Crippen LogP contribution in [0.5, 0.6) is 0 Å². The van der Waals surface area contributed by atoms with Gasteiger partial charge in [-0.2, -0.15) is 0 Å². The molecule has 0 radical (unpaired) electrons. The summed E-state index contributed by atoms with van der Waals surface area (Å²) >= 11 is 0. The summed E-state index contributed by atoms with van der Waals surface area (Å²) in [4.78, 5) is 0. The molecule has 0 aliphatic rings. The van der Waals surface area contributed by atoms with Gasteiger partial charge in [-0.3, -0.25) is 0 Å². The van der Waals surface area contributed by atoms with Gasteiger partial charge in [0.25, 0.3) is 0 Å². The molecule has 0 aliphatic carbocycles. The summed E-state index contributed by atoms with van der Waals surface area (Å²) in [7, 11) is 0.